The highest BCUT2D eigenvalue weighted by molar-refractivity contribution is 5.82. The summed E-state index contributed by atoms with van der Waals surface area (Å²) < 4.78 is 27.7. The van der Waals surface area contributed by atoms with Crippen molar-refractivity contribution in [3.05, 3.63) is 95.6 Å². The molecule has 6 rings (SSSR count). The fourth-order valence-electron chi connectivity index (χ4n) is 5.68. The van der Waals surface area contributed by atoms with Crippen LogP contribution in [0, 0.1) is 23.0 Å². The minimum Gasteiger partial charge on any atom is -0.367 e. The molecule has 3 heterocycles. The van der Waals surface area contributed by atoms with Gasteiger partial charge in [-0.1, -0.05) is 42.5 Å². The quantitative estimate of drug-likeness (QED) is 0.359. The average molecular weight is 555 g/mol. The highest BCUT2D eigenvalue weighted by Crippen LogP contribution is 2.31. The van der Waals surface area contributed by atoms with Gasteiger partial charge in [0, 0.05) is 45.3 Å². The Bertz CT molecular complexity index is 1580. The number of piperazine rings is 1. The first kappa shape index (κ1) is 26.5. The summed E-state index contributed by atoms with van der Waals surface area (Å²) in [5, 5.41) is 22.1. The maximum Gasteiger partial charge on any atom is 0.240 e. The molecule has 0 N–H and O–H groups in total. The molecule has 2 atom stereocenters. The topological polar surface area (TPSA) is 94.2 Å². The molecule has 2 aliphatic rings. The van der Waals surface area contributed by atoms with Crippen LogP contribution >= 0.6 is 0 Å². The number of halogens is 2. The van der Waals surface area contributed by atoms with Crippen molar-refractivity contribution >= 4 is 11.6 Å². The van der Waals surface area contributed by atoms with E-state index in [4.69, 9.17) is 0 Å². The number of carbonyl (C=O) groups excluding carboxylic acids is 1. The number of hydrogen-bond acceptors (Lipinski definition) is 7. The van der Waals surface area contributed by atoms with Crippen molar-refractivity contribution in [3.63, 3.8) is 0 Å². The highest BCUT2D eigenvalue weighted by Gasteiger charge is 2.41. The SMILES string of the molecule is N#Cc1ccccc1N1CCN(C(=O)C2CC(n3nnc(-c4ccc(F)cc4F)n3)CN2Cc2ccccc2)CC1. The van der Waals surface area contributed by atoms with Crippen LogP contribution in [-0.4, -0.2) is 74.7 Å². The molecule has 1 aromatic heterocycles. The molecular formula is C30H28F2N8O. The van der Waals surface area contributed by atoms with Crippen molar-refractivity contribution in [2.45, 2.75) is 25.0 Å². The summed E-state index contributed by atoms with van der Waals surface area (Å²) in [5.74, 6) is -1.32. The third kappa shape index (κ3) is 5.51. The normalized spacial score (nSPS) is 19.3. The van der Waals surface area contributed by atoms with Crippen molar-refractivity contribution < 1.29 is 13.6 Å². The molecule has 41 heavy (non-hydrogen) atoms. The fraction of sp³-hybridized carbons (Fsp3) is 0.300. The number of aromatic nitrogens is 4. The van der Waals surface area contributed by atoms with E-state index in [0.717, 1.165) is 23.4 Å². The third-order valence-electron chi connectivity index (χ3n) is 7.78. The molecule has 2 aliphatic heterocycles. The molecule has 2 saturated heterocycles. The van der Waals surface area contributed by atoms with E-state index >= 15 is 0 Å². The summed E-state index contributed by atoms with van der Waals surface area (Å²) in [4.78, 5) is 21.5. The van der Waals surface area contributed by atoms with Crippen LogP contribution in [0.2, 0.25) is 0 Å². The second kappa shape index (κ2) is 11.4. The van der Waals surface area contributed by atoms with Gasteiger partial charge in [0.1, 0.15) is 17.7 Å². The lowest BCUT2D eigenvalue weighted by molar-refractivity contribution is -0.136. The van der Waals surface area contributed by atoms with Crippen molar-refractivity contribution in [2.24, 2.45) is 0 Å². The van der Waals surface area contributed by atoms with Crippen molar-refractivity contribution in [2.75, 3.05) is 37.6 Å². The zero-order valence-electron chi connectivity index (χ0n) is 22.3. The van der Waals surface area contributed by atoms with Crippen LogP contribution in [0.15, 0.2) is 72.8 Å². The summed E-state index contributed by atoms with van der Waals surface area (Å²) in [6, 6.07) is 22.3. The molecule has 208 valence electrons. The average Bonchev–Trinajstić information content (AvgIpc) is 3.65. The van der Waals surface area contributed by atoms with Gasteiger partial charge in [0.05, 0.1) is 28.9 Å². The largest absolute Gasteiger partial charge is 0.367 e. The molecule has 1 amide bonds. The zero-order valence-corrected chi connectivity index (χ0v) is 22.3. The van der Waals surface area contributed by atoms with E-state index in [1.54, 1.807) is 6.07 Å². The number of nitrogens with zero attached hydrogens (tertiary/aromatic N) is 8. The van der Waals surface area contributed by atoms with E-state index in [1.807, 2.05) is 53.4 Å². The molecule has 0 spiro atoms. The number of benzene rings is 3. The minimum atomic E-state index is -0.758. The van der Waals surface area contributed by atoms with Gasteiger partial charge in [-0.25, -0.2) is 8.78 Å². The fourth-order valence-corrected chi connectivity index (χ4v) is 5.68. The Hall–Kier alpha value is -4.69. The van der Waals surface area contributed by atoms with Crippen molar-refractivity contribution in [1.29, 1.82) is 5.26 Å². The van der Waals surface area contributed by atoms with Gasteiger partial charge < -0.3 is 9.80 Å². The van der Waals surface area contributed by atoms with Gasteiger partial charge in [0.2, 0.25) is 11.7 Å². The van der Waals surface area contributed by atoms with Crippen molar-refractivity contribution in [1.82, 2.24) is 30.0 Å². The smallest absolute Gasteiger partial charge is 0.240 e. The molecule has 11 heteroatoms. The molecule has 0 radical (unpaired) electrons. The molecule has 4 aromatic rings. The Morgan fingerprint density at radius 3 is 2.49 bits per heavy atom. The van der Waals surface area contributed by atoms with Crippen molar-refractivity contribution in [3.8, 4) is 17.5 Å². The van der Waals surface area contributed by atoms with Gasteiger partial charge in [-0.05, 0) is 41.5 Å². The number of anilines is 1. The van der Waals surface area contributed by atoms with E-state index < -0.39 is 17.7 Å². The monoisotopic (exact) mass is 554 g/mol. The standard InChI is InChI=1S/C30H28F2N8O/c31-23-10-11-25(26(32)16-23)29-34-36-40(35-29)24-17-28(39(20-24)19-21-6-2-1-3-7-21)30(41)38-14-12-37(13-15-38)27-9-5-4-8-22(27)18-33/h1-11,16,24,28H,12-15,17,19-20H2. The second-order valence-corrected chi connectivity index (χ2v) is 10.3. The number of nitriles is 1. The van der Waals surface area contributed by atoms with Gasteiger partial charge in [0.25, 0.3) is 0 Å². The lowest BCUT2D eigenvalue weighted by atomic mass is 10.1. The maximum absolute atomic E-state index is 14.3. The van der Waals surface area contributed by atoms with E-state index in [1.165, 1.54) is 10.9 Å². The van der Waals surface area contributed by atoms with Crippen LogP contribution in [0.3, 0.4) is 0 Å². The Morgan fingerprint density at radius 1 is 0.976 bits per heavy atom. The third-order valence-corrected chi connectivity index (χ3v) is 7.78. The van der Waals surface area contributed by atoms with Crippen LogP contribution in [0.4, 0.5) is 14.5 Å². The number of hydrogen-bond donors (Lipinski definition) is 0. The van der Waals surface area contributed by atoms with Crippen LogP contribution < -0.4 is 4.90 Å². The predicted octanol–water partition coefficient (Wildman–Crippen LogP) is 3.65. The van der Waals surface area contributed by atoms with Crippen LogP contribution in [0.5, 0.6) is 0 Å². The van der Waals surface area contributed by atoms with Crippen LogP contribution in [0.25, 0.3) is 11.4 Å². The Labute approximate surface area is 236 Å². The lowest BCUT2D eigenvalue weighted by Crippen LogP contribution is -2.53. The molecule has 0 bridgehead atoms. The maximum atomic E-state index is 14.3. The number of carbonyl (C=O) groups is 1. The Kier molecular flexibility index (Phi) is 7.39. The summed E-state index contributed by atoms with van der Waals surface area (Å²) in [6.45, 7) is 3.47. The summed E-state index contributed by atoms with van der Waals surface area (Å²) in [7, 11) is 0. The number of likely N-dealkylation sites (tertiary alicyclic amines) is 1. The summed E-state index contributed by atoms with van der Waals surface area (Å²) in [5.41, 5.74) is 2.67. The number of rotatable bonds is 6. The molecule has 3 aromatic carbocycles. The van der Waals surface area contributed by atoms with Gasteiger partial charge in [0.15, 0.2) is 0 Å². The Morgan fingerprint density at radius 2 is 1.73 bits per heavy atom. The molecule has 2 unspecified atom stereocenters. The predicted molar refractivity (Wildman–Crippen MR) is 147 cm³/mol. The molecule has 2 fully saturated rings. The lowest BCUT2D eigenvalue weighted by Gasteiger charge is -2.38. The highest BCUT2D eigenvalue weighted by atomic mass is 19.1. The van der Waals surface area contributed by atoms with Gasteiger partial charge in [-0.3, -0.25) is 9.69 Å². The van der Waals surface area contributed by atoms with E-state index in [0.29, 0.717) is 51.3 Å². The van der Waals surface area contributed by atoms with E-state index in [9.17, 15) is 18.8 Å². The first-order valence-electron chi connectivity index (χ1n) is 13.6. The molecular weight excluding hydrogens is 526 g/mol. The van der Waals surface area contributed by atoms with Crippen LogP contribution in [0.1, 0.15) is 23.6 Å². The number of amides is 1. The van der Waals surface area contributed by atoms with E-state index in [-0.39, 0.29) is 23.3 Å². The van der Waals surface area contributed by atoms with Gasteiger partial charge in [-0.15, -0.1) is 10.2 Å². The van der Waals surface area contributed by atoms with Gasteiger partial charge in [-0.2, -0.15) is 10.1 Å². The first-order chi connectivity index (χ1) is 20.0. The first-order valence-corrected chi connectivity index (χ1v) is 13.6. The number of tetrazole rings is 1. The van der Waals surface area contributed by atoms with E-state index in [2.05, 4.69) is 31.3 Å². The molecule has 0 saturated carbocycles. The molecule has 0 aliphatic carbocycles. The van der Waals surface area contributed by atoms with Gasteiger partial charge >= 0.3 is 0 Å². The minimum absolute atomic E-state index is 0.0431. The molecule has 9 nitrogen and oxygen atoms in total. The number of para-hydroxylation sites is 1. The second-order valence-electron chi connectivity index (χ2n) is 10.3. The van der Waals surface area contributed by atoms with Crippen LogP contribution in [-0.2, 0) is 11.3 Å². The Balaban J connectivity index is 1.19. The zero-order chi connectivity index (χ0) is 28.3. The summed E-state index contributed by atoms with van der Waals surface area (Å²) >= 11 is 0. The summed E-state index contributed by atoms with van der Waals surface area (Å²) in [6.07, 6.45) is 0.477.